The maximum Gasteiger partial charge on any atom is 0.324 e. The second-order valence-electron chi connectivity index (χ2n) is 22.8. The van der Waals surface area contributed by atoms with Gasteiger partial charge in [0.2, 0.25) is 11.8 Å². The highest BCUT2D eigenvalue weighted by Gasteiger charge is 2.54. The maximum absolute atomic E-state index is 14.9. The lowest BCUT2D eigenvalue weighted by Gasteiger charge is -2.42. The van der Waals surface area contributed by atoms with Crippen molar-refractivity contribution in [1.82, 2.24) is 40.0 Å². The number of cyclic esters (lactones) is 1. The zero-order valence-corrected chi connectivity index (χ0v) is 45.2. The number of carbonyl (C=O) groups excluding carboxylic acids is 5. The van der Waals surface area contributed by atoms with Crippen LogP contribution in [0.1, 0.15) is 90.2 Å². The highest BCUT2D eigenvalue weighted by molar-refractivity contribution is 5.98. The first-order valence-electron chi connectivity index (χ1n) is 27.4. The SMILES string of the molecule is CCn1c(-c2cccnc2[C@H](C)OC)c2c3cc(ccc31)-c1cccc(c1)C[C@H](NC(=O)C(C(C)C)N1CC[C@@]3(CCN(C(=O)C#C[C@H]4COCCN4C4COC4)C3)C1=O)C(=O)N1CCC[C@H](N1)C(=O)OCC(C)(C)C2. The van der Waals surface area contributed by atoms with Crippen LogP contribution in [0.4, 0.5) is 0 Å². The summed E-state index contributed by atoms with van der Waals surface area (Å²) in [6.45, 7) is 17.3. The number of ether oxygens (including phenoxy) is 4. The smallest absolute Gasteiger partial charge is 0.324 e. The van der Waals surface area contributed by atoms with Crippen LogP contribution in [-0.2, 0) is 62.3 Å². The fraction of sp³-hybridized carbons (Fsp3) is 0.559. The zero-order valence-electron chi connectivity index (χ0n) is 45.2. The Morgan fingerprint density at radius 1 is 0.961 bits per heavy atom. The third-order valence-electron chi connectivity index (χ3n) is 16.7. The first-order chi connectivity index (χ1) is 36.6. The maximum atomic E-state index is 14.9. The predicted octanol–water partition coefficient (Wildman–Crippen LogP) is 5.32. The average Bonchev–Trinajstić information content (AvgIpc) is 4.09. The molecule has 1 unspecified atom stereocenters. The summed E-state index contributed by atoms with van der Waals surface area (Å²) in [7, 11) is 1.69. The van der Waals surface area contributed by atoms with Crippen LogP contribution in [-0.4, -0.2) is 162 Å². The van der Waals surface area contributed by atoms with Gasteiger partial charge < -0.3 is 38.6 Å². The summed E-state index contributed by atoms with van der Waals surface area (Å²) in [4.78, 5) is 82.6. The molecule has 6 bridgehead atoms. The van der Waals surface area contributed by atoms with E-state index in [9.17, 15) is 24.0 Å². The number of pyridine rings is 1. The summed E-state index contributed by atoms with van der Waals surface area (Å²) in [5, 5.41) is 5.67. The fourth-order valence-electron chi connectivity index (χ4n) is 12.4. The summed E-state index contributed by atoms with van der Waals surface area (Å²) in [5.41, 5.74) is 9.65. The van der Waals surface area contributed by atoms with Crippen molar-refractivity contribution >= 4 is 40.5 Å². The van der Waals surface area contributed by atoms with E-state index in [1.165, 1.54) is 5.01 Å². The topological polar surface area (TPSA) is 177 Å². The van der Waals surface area contributed by atoms with Crippen molar-refractivity contribution in [2.45, 2.75) is 123 Å². The molecular weight excluding hydrogens is 965 g/mol. The highest BCUT2D eigenvalue weighted by Crippen LogP contribution is 2.44. The lowest BCUT2D eigenvalue weighted by Crippen LogP contribution is -2.62. The van der Waals surface area contributed by atoms with Crippen molar-refractivity contribution in [3.63, 3.8) is 0 Å². The number of nitrogens with one attached hydrogen (secondary N) is 2. The minimum absolute atomic E-state index is 0.131. The van der Waals surface area contributed by atoms with E-state index in [1.807, 2.05) is 39.0 Å². The molecule has 76 heavy (non-hydrogen) atoms. The van der Waals surface area contributed by atoms with Gasteiger partial charge in [-0.3, -0.25) is 38.9 Å². The van der Waals surface area contributed by atoms with Gasteiger partial charge in [0, 0.05) is 80.9 Å². The molecule has 6 aliphatic rings. The van der Waals surface area contributed by atoms with Gasteiger partial charge in [-0.15, -0.1) is 0 Å². The number of benzene rings is 2. The number of hydrazine groups is 1. The number of aromatic nitrogens is 2. The van der Waals surface area contributed by atoms with Crippen molar-refractivity contribution in [1.29, 1.82) is 0 Å². The van der Waals surface area contributed by atoms with Gasteiger partial charge in [0.05, 0.1) is 68.0 Å². The number of morpholine rings is 1. The summed E-state index contributed by atoms with van der Waals surface area (Å²) in [6, 6.07) is 16.0. The lowest BCUT2D eigenvalue weighted by atomic mass is 9.84. The van der Waals surface area contributed by atoms with Gasteiger partial charge in [-0.05, 0) is 104 Å². The Kier molecular flexibility index (Phi) is 15.5. The number of nitrogens with zero attached hydrogens (tertiary/aromatic N) is 6. The van der Waals surface area contributed by atoms with Gasteiger partial charge in [-0.25, -0.2) is 5.43 Å². The quantitative estimate of drug-likeness (QED) is 0.163. The van der Waals surface area contributed by atoms with Gasteiger partial charge in [0.1, 0.15) is 18.1 Å². The number of esters is 1. The first-order valence-corrected chi connectivity index (χ1v) is 27.4. The number of rotatable bonds is 9. The number of aryl methyl sites for hydroxylation is 1. The van der Waals surface area contributed by atoms with E-state index in [2.05, 4.69) is 89.2 Å². The molecule has 0 radical (unpaired) electrons. The molecular formula is C59H74N8O9. The third kappa shape index (κ3) is 10.5. The van der Waals surface area contributed by atoms with Crippen molar-refractivity contribution < 1.29 is 42.9 Å². The van der Waals surface area contributed by atoms with E-state index in [-0.39, 0.29) is 55.5 Å². The third-order valence-corrected chi connectivity index (χ3v) is 16.7. The number of hydrogen-bond acceptors (Lipinski definition) is 12. The van der Waals surface area contributed by atoms with Crippen LogP contribution in [0.25, 0.3) is 33.3 Å². The van der Waals surface area contributed by atoms with Crippen LogP contribution >= 0.6 is 0 Å². The van der Waals surface area contributed by atoms with E-state index in [0.717, 1.165) is 56.7 Å². The van der Waals surface area contributed by atoms with Gasteiger partial charge >= 0.3 is 5.97 Å². The second-order valence-corrected chi connectivity index (χ2v) is 22.8. The minimum atomic E-state index is -1.06. The molecule has 10 rings (SSSR count). The molecule has 5 saturated heterocycles. The molecule has 1 spiro atoms. The zero-order chi connectivity index (χ0) is 53.5. The molecule has 2 aromatic carbocycles. The van der Waals surface area contributed by atoms with Crippen molar-refractivity contribution in [2.24, 2.45) is 16.7 Å². The molecule has 404 valence electrons. The highest BCUT2D eigenvalue weighted by atomic mass is 16.5. The monoisotopic (exact) mass is 1040 g/mol. The Labute approximate surface area is 446 Å². The molecule has 8 heterocycles. The number of carbonyl (C=O) groups is 5. The van der Waals surface area contributed by atoms with Crippen LogP contribution in [0, 0.1) is 28.6 Å². The molecule has 2 N–H and O–H groups in total. The molecule has 4 aromatic rings. The Hall–Kier alpha value is -6.16. The molecule has 0 aliphatic carbocycles. The van der Waals surface area contributed by atoms with Crippen molar-refractivity contribution in [3.05, 3.63) is 77.6 Å². The first kappa shape index (κ1) is 53.2. The summed E-state index contributed by atoms with van der Waals surface area (Å²) in [5.74, 6) is 3.95. The second kappa shape index (κ2) is 22.1. The van der Waals surface area contributed by atoms with E-state index in [1.54, 1.807) is 23.1 Å². The number of hydrogen-bond donors (Lipinski definition) is 2. The van der Waals surface area contributed by atoms with Crippen LogP contribution in [0.5, 0.6) is 0 Å². The normalized spacial score (nSPS) is 25.2. The van der Waals surface area contributed by atoms with Gasteiger partial charge in [-0.2, -0.15) is 0 Å². The van der Waals surface area contributed by atoms with E-state index < -0.39 is 46.7 Å². The van der Waals surface area contributed by atoms with Crippen molar-refractivity contribution in [3.8, 4) is 34.2 Å². The Morgan fingerprint density at radius 2 is 1.76 bits per heavy atom. The van der Waals surface area contributed by atoms with Gasteiger partial charge in [0.25, 0.3) is 11.8 Å². The summed E-state index contributed by atoms with van der Waals surface area (Å²) in [6.07, 6.45) is 4.24. The molecule has 0 saturated carbocycles. The van der Waals surface area contributed by atoms with Crippen LogP contribution in [0.15, 0.2) is 60.8 Å². The number of likely N-dealkylation sites (tertiary alicyclic amines) is 2. The number of fused-ring (bicyclic) bond motifs is 6. The van der Waals surface area contributed by atoms with Crippen molar-refractivity contribution in [2.75, 3.05) is 72.9 Å². The van der Waals surface area contributed by atoms with Crippen LogP contribution in [0.3, 0.4) is 0 Å². The standard InChI is InChI=1S/C59H74N8O9/c1-8-64-49-18-16-41-30-45(49)46(53(64)44-14-10-22-60-51(44)38(4)73-7)31-58(5,6)36-76-56(71)47-15-11-23-67(62-47)55(70)48(29-39-12-9-13-40(41)28-39)61-54(69)52(37(2)3)66-25-21-59(57(66)72)20-24-63(35-59)50(68)19-17-42-32-74-27-26-65(42)43-33-75-34-43/h9-10,12-14,16,18,22,28,30,37-38,42-43,47-48,52,62H,8,11,15,20-21,23-27,29,31-36H2,1-7H3,(H,61,69)/t38-,42-,47-,48-,52?,59+/m0/s1. The average molecular weight is 1040 g/mol. The Balaban J connectivity index is 0.940. The summed E-state index contributed by atoms with van der Waals surface area (Å²) >= 11 is 0. The van der Waals surface area contributed by atoms with Crippen LogP contribution < -0.4 is 10.7 Å². The van der Waals surface area contributed by atoms with E-state index >= 15 is 0 Å². The molecule has 5 fully saturated rings. The van der Waals surface area contributed by atoms with E-state index in [0.29, 0.717) is 84.7 Å². The largest absolute Gasteiger partial charge is 0.464 e. The molecule has 2 aromatic heterocycles. The van der Waals surface area contributed by atoms with Gasteiger partial charge in [0.15, 0.2) is 0 Å². The Morgan fingerprint density at radius 3 is 2.53 bits per heavy atom. The minimum Gasteiger partial charge on any atom is -0.464 e. The Bertz CT molecular complexity index is 2940. The van der Waals surface area contributed by atoms with Crippen LogP contribution in [0.2, 0.25) is 0 Å². The van der Waals surface area contributed by atoms with Gasteiger partial charge in [-0.1, -0.05) is 63.9 Å². The molecule has 6 atom stereocenters. The lowest BCUT2D eigenvalue weighted by molar-refractivity contribution is -0.155. The van der Waals surface area contributed by atoms with E-state index in [4.69, 9.17) is 23.9 Å². The molecule has 17 heteroatoms. The molecule has 4 amide bonds. The fourth-order valence-corrected chi connectivity index (χ4v) is 12.4. The summed E-state index contributed by atoms with van der Waals surface area (Å²) < 4.78 is 25.5. The predicted molar refractivity (Wildman–Crippen MR) is 286 cm³/mol. The number of methoxy groups -OCH3 is 1. The molecule has 6 aliphatic heterocycles. The molecule has 17 nitrogen and oxygen atoms in total. The number of amides is 4.